The van der Waals surface area contributed by atoms with Crippen molar-refractivity contribution in [1.82, 2.24) is 5.43 Å². The van der Waals surface area contributed by atoms with E-state index in [1.807, 2.05) is 50.2 Å². The van der Waals surface area contributed by atoms with Gasteiger partial charge in [-0.2, -0.15) is 5.10 Å². The van der Waals surface area contributed by atoms with Crippen molar-refractivity contribution in [3.8, 4) is 0 Å². The SMILES string of the molecule is CCc1ccc(NC(=O)C(=O)N/N=C\c2ccc(C)cc2)cc1. The van der Waals surface area contributed by atoms with Gasteiger partial charge in [-0.15, -0.1) is 0 Å². The van der Waals surface area contributed by atoms with Crippen LogP contribution in [0.15, 0.2) is 53.6 Å². The summed E-state index contributed by atoms with van der Waals surface area (Å²) in [5.41, 5.74) is 5.92. The van der Waals surface area contributed by atoms with E-state index in [0.29, 0.717) is 5.69 Å². The lowest BCUT2D eigenvalue weighted by Gasteiger charge is -2.04. The van der Waals surface area contributed by atoms with Crippen molar-refractivity contribution in [3.63, 3.8) is 0 Å². The molecule has 2 aromatic carbocycles. The van der Waals surface area contributed by atoms with Crippen molar-refractivity contribution in [2.75, 3.05) is 5.32 Å². The first-order valence-corrected chi connectivity index (χ1v) is 7.38. The predicted molar refractivity (Wildman–Crippen MR) is 91.4 cm³/mol. The molecule has 0 heterocycles. The highest BCUT2D eigenvalue weighted by Crippen LogP contribution is 2.09. The number of carbonyl (C=O) groups excluding carboxylic acids is 2. The fourth-order valence-corrected chi connectivity index (χ4v) is 1.88. The van der Waals surface area contributed by atoms with E-state index in [2.05, 4.69) is 15.8 Å². The molecule has 2 aromatic rings. The molecular weight excluding hydrogens is 290 g/mol. The van der Waals surface area contributed by atoms with Crippen molar-refractivity contribution in [2.45, 2.75) is 20.3 Å². The number of nitrogens with one attached hydrogen (secondary N) is 2. The fourth-order valence-electron chi connectivity index (χ4n) is 1.88. The second kappa shape index (κ2) is 7.89. The van der Waals surface area contributed by atoms with Gasteiger partial charge in [0.2, 0.25) is 0 Å². The molecule has 0 aliphatic rings. The van der Waals surface area contributed by atoms with E-state index in [4.69, 9.17) is 0 Å². The van der Waals surface area contributed by atoms with Gasteiger partial charge in [-0.1, -0.05) is 48.9 Å². The molecule has 2 rings (SSSR count). The van der Waals surface area contributed by atoms with Crippen molar-refractivity contribution in [2.24, 2.45) is 5.10 Å². The quantitative estimate of drug-likeness (QED) is 0.518. The van der Waals surface area contributed by atoms with Gasteiger partial charge in [0.05, 0.1) is 6.21 Å². The Labute approximate surface area is 135 Å². The zero-order chi connectivity index (χ0) is 16.7. The molecule has 2 amide bonds. The third kappa shape index (κ3) is 5.07. The molecule has 0 atom stereocenters. The Hall–Kier alpha value is -2.95. The molecular formula is C18H19N3O2. The number of benzene rings is 2. The molecule has 0 aromatic heterocycles. The molecule has 0 saturated carbocycles. The number of anilines is 1. The molecule has 0 saturated heterocycles. The van der Waals surface area contributed by atoms with Gasteiger partial charge in [0.1, 0.15) is 0 Å². The molecule has 23 heavy (non-hydrogen) atoms. The number of hydrogen-bond acceptors (Lipinski definition) is 3. The van der Waals surface area contributed by atoms with Crippen molar-refractivity contribution in [3.05, 3.63) is 65.2 Å². The van der Waals surface area contributed by atoms with Gasteiger partial charge in [-0.25, -0.2) is 5.43 Å². The Balaban J connectivity index is 1.86. The minimum atomic E-state index is -0.812. The predicted octanol–water partition coefficient (Wildman–Crippen LogP) is 2.65. The van der Waals surface area contributed by atoms with E-state index in [1.54, 1.807) is 12.1 Å². The number of hydrazone groups is 1. The van der Waals surface area contributed by atoms with Crippen LogP contribution in [0.4, 0.5) is 5.69 Å². The average Bonchev–Trinajstić information content (AvgIpc) is 2.57. The highest BCUT2D eigenvalue weighted by Gasteiger charge is 2.12. The summed E-state index contributed by atoms with van der Waals surface area (Å²) in [7, 11) is 0. The van der Waals surface area contributed by atoms with Gasteiger partial charge in [0.15, 0.2) is 0 Å². The first-order chi connectivity index (χ1) is 11.1. The van der Waals surface area contributed by atoms with E-state index >= 15 is 0 Å². The molecule has 0 radical (unpaired) electrons. The second-order valence-electron chi connectivity index (χ2n) is 5.11. The van der Waals surface area contributed by atoms with Crippen LogP contribution in [0.2, 0.25) is 0 Å². The topological polar surface area (TPSA) is 70.6 Å². The zero-order valence-corrected chi connectivity index (χ0v) is 13.2. The van der Waals surface area contributed by atoms with Crippen LogP contribution in [-0.4, -0.2) is 18.0 Å². The van der Waals surface area contributed by atoms with E-state index in [9.17, 15) is 9.59 Å². The van der Waals surface area contributed by atoms with Crippen molar-refractivity contribution >= 4 is 23.7 Å². The van der Waals surface area contributed by atoms with E-state index in [1.165, 1.54) is 6.21 Å². The maximum atomic E-state index is 11.8. The largest absolute Gasteiger partial charge is 0.329 e. The summed E-state index contributed by atoms with van der Waals surface area (Å²) in [5.74, 6) is -1.57. The van der Waals surface area contributed by atoms with Gasteiger partial charge in [0, 0.05) is 5.69 Å². The molecule has 0 bridgehead atoms. The molecule has 5 heteroatoms. The fraction of sp³-hybridized carbons (Fsp3) is 0.167. The number of amides is 2. The van der Waals surface area contributed by atoms with Crippen LogP contribution in [0.5, 0.6) is 0 Å². The van der Waals surface area contributed by atoms with Gasteiger partial charge in [-0.3, -0.25) is 9.59 Å². The Morgan fingerprint density at radius 3 is 2.26 bits per heavy atom. The molecule has 2 N–H and O–H groups in total. The Bertz CT molecular complexity index is 704. The average molecular weight is 309 g/mol. The van der Waals surface area contributed by atoms with Crippen molar-refractivity contribution in [1.29, 1.82) is 0 Å². The summed E-state index contributed by atoms with van der Waals surface area (Å²) in [4.78, 5) is 23.4. The molecule has 0 spiro atoms. The standard InChI is InChI=1S/C18H19N3O2/c1-3-14-8-10-16(11-9-14)20-17(22)18(23)21-19-12-15-6-4-13(2)5-7-15/h4-12H,3H2,1-2H3,(H,20,22)(H,21,23)/b19-12-. The molecule has 0 aliphatic heterocycles. The van der Waals surface area contributed by atoms with Crippen LogP contribution in [-0.2, 0) is 16.0 Å². The molecule has 118 valence electrons. The second-order valence-corrected chi connectivity index (χ2v) is 5.11. The lowest BCUT2D eigenvalue weighted by Crippen LogP contribution is -2.32. The number of nitrogens with zero attached hydrogens (tertiary/aromatic N) is 1. The summed E-state index contributed by atoms with van der Waals surface area (Å²) in [6, 6.07) is 15.0. The highest BCUT2D eigenvalue weighted by molar-refractivity contribution is 6.39. The Morgan fingerprint density at radius 2 is 1.65 bits per heavy atom. The minimum absolute atomic E-state index is 0.574. The third-order valence-corrected chi connectivity index (χ3v) is 3.28. The van der Waals surface area contributed by atoms with Gasteiger partial charge in [-0.05, 0) is 36.6 Å². The van der Waals surface area contributed by atoms with Crippen LogP contribution >= 0.6 is 0 Å². The van der Waals surface area contributed by atoms with Gasteiger partial charge < -0.3 is 5.32 Å². The molecule has 0 fully saturated rings. The smallest absolute Gasteiger partial charge is 0.318 e. The summed E-state index contributed by atoms with van der Waals surface area (Å²) < 4.78 is 0. The molecule has 5 nitrogen and oxygen atoms in total. The van der Waals surface area contributed by atoms with E-state index in [0.717, 1.165) is 23.1 Å². The lowest BCUT2D eigenvalue weighted by atomic mass is 10.1. The maximum Gasteiger partial charge on any atom is 0.329 e. The summed E-state index contributed by atoms with van der Waals surface area (Å²) in [5, 5.41) is 6.30. The zero-order valence-electron chi connectivity index (χ0n) is 13.2. The van der Waals surface area contributed by atoms with E-state index in [-0.39, 0.29) is 0 Å². The Morgan fingerprint density at radius 1 is 1.00 bits per heavy atom. The van der Waals surface area contributed by atoms with Crippen LogP contribution in [0.1, 0.15) is 23.6 Å². The van der Waals surface area contributed by atoms with Gasteiger partial charge in [0.25, 0.3) is 0 Å². The number of carbonyl (C=O) groups is 2. The van der Waals surface area contributed by atoms with Crippen LogP contribution < -0.4 is 10.7 Å². The minimum Gasteiger partial charge on any atom is -0.318 e. The molecule has 0 aliphatic carbocycles. The first-order valence-electron chi connectivity index (χ1n) is 7.38. The lowest BCUT2D eigenvalue weighted by molar-refractivity contribution is -0.136. The van der Waals surface area contributed by atoms with Crippen molar-refractivity contribution < 1.29 is 9.59 Å². The monoisotopic (exact) mass is 309 g/mol. The van der Waals surface area contributed by atoms with Gasteiger partial charge >= 0.3 is 11.8 Å². The van der Waals surface area contributed by atoms with E-state index < -0.39 is 11.8 Å². The summed E-state index contributed by atoms with van der Waals surface area (Å²) >= 11 is 0. The number of rotatable bonds is 4. The maximum absolute atomic E-state index is 11.8. The van der Waals surface area contributed by atoms with Crippen LogP contribution in [0.25, 0.3) is 0 Å². The normalized spacial score (nSPS) is 10.5. The first kappa shape index (κ1) is 16.4. The highest BCUT2D eigenvalue weighted by atomic mass is 16.2. The number of aryl methyl sites for hydroxylation is 2. The Kier molecular flexibility index (Phi) is 5.63. The number of hydrogen-bond donors (Lipinski definition) is 2. The van der Waals surface area contributed by atoms with Crippen LogP contribution in [0.3, 0.4) is 0 Å². The summed E-state index contributed by atoms with van der Waals surface area (Å²) in [6.07, 6.45) is 2.41. The third-order valence-electron chi connectivity index (χ3n) is 3.28. The summed E-state index contributed by atoms with van der Waals surface area (Å²) in [6.45, 7) is 4.03. The molecule has 0 unspecified atom stereocenters. The van der Waals surface area contributed by atoms with Crippen LogP contribution in [0, 0.1) is 6.92 Å².